The molecule has 0 radical (unpaired) electrons. The topological polar surface area (TPSA) is 103 Å². The first kappa shape index (κ1) is 16.3. The smallest absolute Gasteiger partial charge is 0.325 e. The number of ether oxygens (including phenoxy) is 1. The van der Waals surface area contributed by atoms with E-state index in [4.69, 9.17) is 10.00 Å². The molecule has 0 aromatic heterocycles. The molecule has 3 amide bonds. The molecule has 1 aromatic rings. The average molecular weight is 329 g/mol. The Kier molecular flexibility index (Phi) is 4.16. The molecule has 1 aliphatic heterocycles. The Morgan fingerprint density at radius 3 is 2.67 bits per heavy atom. The van der Waals surface area contributed by atoms with Crippen LogP contribution in [0.3, 0.4) is 0 Å². The highest BCUT2D eigenvalue weighted by atomic mass is 16.5. The van der Waals surface area contributed by atoms with Crippen LogP contribution in [0.25, 0.3) is 0 Å². The summed E-state index contributed by atoms with van der Waals surface area (Å²) < 4.78 is 5.43. The van der Waals surface area contributed by atoms with E-state index in [2.05, 4.69) is 5.32 Å². The lowest BCUT2D eigenvalue weighted by Gasteiger charge is -2.22. The highest BCUT2D eigenvalue weighted by Crippen LogP contribution is 2.42. The van der Waals surface area contributed by atoms with E-state index in [1.807, 2.05) is 6.07 Å². The van der Waals surface area contributed by atoms with E-state index >= 15 is 0 Å². The van der Waals surface area contributed by atoms with Crippen LogP contribution in [-0.2, 0) is 4.79 Å². The van der Waals surface area contributed by atoms with Gasteiger partial charge in [-0.05, 0) is 49.9 Å². The fourth-order valence-corrected chi connectivity index (χ4v) is 2.90. The van der Waals surface area contributed by atoms with Crippen molar-refractivity contribution in [2.75, 3.05) is 13.2 Å². The van der Waals surface area contributed by atoms with Gasteiger partial charge >= 0.3 is 6.03 Å². The van der Waals surface area contributed by atoms with Gasteiger partial charge in [0.1, 0.15) is 24.0 Å². The molecule has 1 saturated carbocycles. The molecular formula is C17H19N3O4. The molecule has 0 unspecified atom stereocenters. The first-order chi connectivity index (χ1) is 11.4. The molecule has 126 valence electrons. The van der Waals surface area contributed by atoms with E-state index in [9.17, 15) is 14.7 Å². The van der Waals surface area contributed by atoms with Crippen LogP contribution in [0.4, 0.5) is 4.79 Å². The van der Waals surface area contributed by atoms with Crippen LogP contribution in [0, 0.1) is 17.2 Å². The summed E-state index contributed by atoms with van der Waals surface area (Å²) >= 11 is 0. The summed E-state index contributed by atoms with van der Waals surface area (Å²) in [7, 11) is 0. The number of carbonyl (C=O) groups is 2. The van der Waals surface area contributed by atoms with Gasteiger partial charge in [-0.15, -0.1) is 0 Å². The van der Waals surface area contributed by atoms with Crippen LogP contribution in [-0.4, -0.2) is 46.7 Å². The number of hydrogen-bond acceptors (Lipinski definition) is 5. The van der Waals surface area contributed by atoms with Crippen molar-refractivity contribution in [3.05, 3.63) is 29.8 Å². The molecule has 7 heteroatoms. The quantitative estimate of drug-likeness (QED) is 0.759. The highest BCUT2D eigenvalue weighted by molar-refractivity contribution is 6.07. The summed E-state index contributed by atoms with van der Waals surface area (Å²) in [6.45, 7) is 1.58. The number of hydrogen-bond donors (Lipinski definition) is 2. The maximum absolute atomic E-state index is 12.5. The van der Waals surface area contributed by atoms with Gasteiger partial charge in [0.05, 0.1) is 18.2 Å². The molecule has 2 N–H and O–H groups in total. The van der Waals surface area contributed by atoms with Crippen LogP contribution in [0.2, 0.25) is 0 Å². The molecule has 0 bridgehead atoms. The minimum Gasteiger partial charge on any atom is -0.491 e. The van der Waals surface area contributed by atoms with Gasteiger partial charge in [0.2, 0.25) is 0 Å². The molecule has 3 rings (SSSR count). The highest BCUT2D eigenvalue weighted by Gasteiger charge is 2.56. The number of nitrogens with zero attached hydrogens (tertiary/aromatic N) is 2. The number of aliphatic hydroxyl groups is 1. The van der Waals surface area contributed by atoms with Gasteiger partial charge < -0.3 is 15.2 Å². The molecule has 0 spiro atoms. The Balaban J connectivity index is 1.54. The third kappa shape index (κ3) is 3.05. The lowest BCUT2D eigenvalue weighted by atomic mass is 9.96. The van der Waals surface area contributed by atoms with Crippen molar-refractivity contribution in [1.82, 2.24) is 10.2 Å². The maximum Gasteiger partial charge on any atom is 0.325 e. The zero-order chi connectivity index (χ0) is 17.3. The maximum atomic E-state index is 12.5. The van der Waals surface area contributed by atoms with E-state index < -0.39 is 17.7 Å². The van der Waals surface area contributed by atoms with Gasteiger partial charge in [0.25, 0.3) is 5.91 Å². The van der Waals surface area contributed by atoms with Crippen molar-refractivity contribution >= 4 is 11.9 Å². The summed E-state index contributed by atoms with van der Waals surface area (Å²) in [5.41, 5.74) is -0.327. The Labute approximate surface area is 139 Å². The number of aliphatic hydroxyl groups excluding tert-OH is 1. The number of rotatable bonds is 6. The van der Waals surface area contributed by atoms with Gasteiger partial charge in [-0.3, -0.25) is 9.69 Å². The number of amides is 3. The second-order valence-electron chi connectivity index (χ2n) is 6.42. The molecular weight excluding hydrogens is 310 g/mol. The van der Waals surface area contributed by atoms with E-state index in [1.165, 1.54) is 0 Å². The lowest BCUT2D eigenvalue weighted by molar-refractivity contribution is -0.132. The third-order valence-electron chi connectivity index (χ3n) is 4.51. The fourth-order valence-electron chi connectivity index (χ4n) is 2.90. The normalized spacial score (nSPS) is 24.5. The Morgan fingerprint density at radius 2 is 2.08 bits per heavy atom. The molecule has 1 saturated heterocycles. The predicted octanol–water partition coefficient (Wildman–Crippen LogP) is 1.02. The lowest BCUT2D eigenvalue weighted by Crippen LogP contribution is -2.46. The summed E-state index contributed by atoms with van der Waals surface area (Å²) in [4.78, 5) is 25.5. The SMILES string of the molecule is C[C@@]1(C2CC2)NC(=O)N(C[C@H](O)COc2ccc(C#N)cc2)C1=O. The zero-order valence-corrected chi connectivity index (χ0v) is 13.4. The minimum atomic E-state index is -0.989. The average Bonchev–Trinajstić information content (AvgIpc) is 3.40. The Hall–Kier alpha value is -2.59. The summed E-state index contributed by atoms with van der Waals surface area (Å²) in [6.07, 6.45) is 0.874. The number of nitriles is 1. The van der Waals surface area contributed by atoms with Crippen molar-refractivity contribution in [2.45, 2.75) is 31.4 Å². The standard InChI is InChI=1S/C17H19N3O4/c1-17(12-4-5-12)15(22)20(16(23)19-17)9-13(21)10-24-14-6-2-11(8-18)3-7-14/h2-3,6-7,12-13,21H,4-5,9-10H2,1H3,(H,19,23)/t13-,17-/m0/s1. The van der Waals surface area contributed by atoms with E-state index in [-0.39, 0.29) is 25.0 Å². The van der Waals surface area contributed by atoms with Crippen molar-refractivity contribution in [3.63, 3.8) is 0 Å². The first-order valence-electron chi connectivity index (χ1n) is 7.89. The summed E-state index contributed by atoms with van der Waals surface area (Å²) in [5.74, 6) is 0.409. The van der Waals surface area contributed by atoms with Gasteiger partial charge in [-0.25, -0.2) is 4.79 Å². The third-order valence-corrected chi connectivity index (χ3v) is 4.51. The number of β-amino-alcohol motifs (C(OH)–C–C–N with tert-alkyl or cyclic N) is 1. The van der Waals surface area contributed by atoms with Crippen molar-refractivity contribution in [3.8, 4) is 11.8 Å². The first-order valence-corrected chi connectivity index (χ1v) is 7.89. The Morgan fingerprint density at radius 1 is 1.42 bits per heavy atom. The van der Waals surface area contributed by atoms with Crippen molar-refractivity contribution in [1.29, 1.82) is 5.26 Å². The van der Waals surface area contributed by atoms with Crippen LogP contribution in [0.15, 0.2) is 24.3 Å². The molecule has 2 aliphatic rings. The van der Waals surface area contributed by atoms with Crippen LogP contribution >= 0.6 is 0 Å². The van der Waals surface area contributed by atoms with Crippen molar-refractivity contribution < 1.29 is 19.4 Å². The summed E-state index contributed by atoms with van der Waals surface area (Å²) in [5, 5.41) is 21.6. The van der Waals surface area contributed by atoms with Gasteiger partial charge in [-0.1, -0.05) is 0 Å². The second kappa shape index (κ2) is 6.13. The molecule has 1 aliphatic carbocycles. The fraction of sp³-hybridized carbons (Fsp3) is 0.471. The molecule has 2 fully saturated rings. The molecule has 2 atom stereocenters. The van der Waals surface area contributed by atoms with Crippen LogP contribution in [0.1, 0.15) is 25.3 Å². The molecule has 7 nitrogen and oxygen atoms in total. The predicted molar refractivity (Wildman–Crippen MR) is 84.0 cm³/mol. The number of nitrogens with one attached hydrogen (secondary N) is 1. The van der Waals surface area contributed by atoms with E-state index in [0.717, 1.165) is 17.7 Å². The van der Waals surface area contributed by atoms with Gasteiger partial charge in [0, 0.05) is 0 Å². The Bertz CT molecular complexity index is 693. The number of carbonyl (C=O) groups excluding carboxylic acids is 2. The largest absolute Gasteiger partial charge is 0.491 e. The zero-order valence-electron chi connectivity index (χ0n) is 13.4. The van der Waals surface area contributed by atoms with E-state index in [1.54, 1.807) is 31.2 Å². The van der Waals surface area contributed by atoms with Gasteiger partial charge in [-0.2, -0.15) is 5.26 Å². The van der Waals surface area contributed by atoms with E-state index in [0.29, 0.717) is 11.3 Å². The number of imide groups is 1. The minimum absolute atomic E-state index is 0.0525. The van der Waals surface area contributed by atoms with Crippen LogP contribution < -0.4 is 10.1 Å². The second-order valence-corrected chi connectivity index (χ2v) is 6.42. The van der Waals surface area contributed by atoms with Gasteiger partial charge in [0.15, 0.2) is 0 Å². The van der Waals surface area contributed by atoms with Crippen molar-refractivity contribution in [2.24, 2.45) is 5.92 Å². The summed E-state index contributed by atoms with van der Waals surface area (Å²) in [6, 6.07) is 8.02. The monoisotopic (exact) mass is 329 g/mol. The molecule has 1 heterocycles. The molecule has 1 aromatic carbocycles. The van der Waals surface area contributed by atoms with Crippen LogP contribution in [0.5, 0.6) is 5.75 Å². The number of urea groups is 1. The molecule has 24 heavy (non-hydrogen) atoms. The number of benzene rings is 1.